The van der Waals surface area contributed by atoms with Crippen LogP contribution in [-0.4, -0.2) is 27.2 Å². The molecule has 0 amide bonds. The SMILES string of the molecule is CCCCn1cc(O)c(=O)cc1CN1CCCCC1CC. The van der Waals surface area contributed by atoms with Gasteiger partial charge in [-0.2, -0.15) is 0 Å². The van der Waals surface area contributed by atoms with Crippen LogP contribution in [0, 0.1) is 0 Å². The summed E-state index contributed by atoms with van der Waals surface area (Å²) >= 11 is 0. The Morgan fingerprint density at radius 1 is 1.33 bits per heavy atom. The van der Waals surface area contributed by atoms with Gasteiger partial charge in [-0.15, -0.1) is 0 Å². The molecule has 1 aromatic rings. The summed E-state index contributed by atoms with van der Waals surface area (Å²) in [6.07, 6.45) is 8.75. The lowest BCUT2D eigenvalue weighted by Crippen LogP contribution is -2.39. The number of piperidine rings is 1. The van der Waals surface area contributed by atoms with Gasteiger partial charge >= 0.3 is 0 Å². The number of aryl methyl sites for hydroxylation is 1. The van der Waals surface area contributed by atoms with Gasteiger partial charge in [-0.05, 0) is 32.2 Å². The lowest BCUT2D eigenvalue weighted by Gasteiger charge is -2.35. The van der Waals surface area contributed by atoms with Gasteiger partial charge in [-0.25, -0.2) is 0 Å². The van der Waals surface area contributed by atoms with Crippen molar-refractivity contribution in [2.45, 2.75) is 71.5 Å². The molecular formula is C17H28N2O2. The predicted molar refractivity (Wildman–Crippen MR) is 85.6 cm³/mol. The third kappa shape index (κ3) is 4.10. The zero-order chi connectivity index (χ0) is 15.2. The first-order valence-corrected chi connectivity index (χ1v) is 8.32. The van der Waals surface area contributed by atoms with E-state index in [2.05, 4.69) is 23.3 Å². The Hall–Kier alpha value is -1.29. The van der Waals surface area contributed by atoms with Gasteiger partial charge in [0.2, 0.25) is 5.43 Å². The maximum absolute atomic E-state index is 11.8. The van der Waals surface area contributed by atoms with E-state index in [9.17, 15) is 9.90 Å². The number of likely N-dealkylation sites (tertiary alicyclic amines) is 1. The molecule has 4 heteroatoms. The molecule has 0 aliphatic carbocycles. The summed E-state index contributed by atoms with van der Waals surface area (Å²) in [7, 11) is 0. The lowest BCUT2D eigenvalue weighted by molar-refractivity contribution is 0.132. The summed E-state index contributed by atoms with van der Waals surface area (Å²) in [6.45, 7) is 7.19. The van der Waals surface area contributed by atoms with Crippen molar-refractivity contribution in [2.75, 3.05) is 6.54 Å². The van der Waals surface area contributed by atoms with Crippen molar-refractivity contribution in [3.8, 4) is 5.75 Å². The van der Waals surface area contributed by atoms with Gasteiger partial charge in [-0.3, -0.25) is 9.69 Å². The molecule has 1 unspecified atom stereocenters. The van der Waals surface area contributed by atoms with Gasteiger partial charge in [0.1, 0.15) is 0 Å². The second-order valence-electron chi connectivity index (χ2n) is 6.09. The molecule has 1 saturated heterocycles. The number of pyridine rings is 1. The Morgan fingerprint density at radius 3 is 2.86 bits per heavy atom. The summed E-state index contributed by atoms with van der Waals surface area (Å²) in [5, 5.41) is 9.68. The van der Waals surface area contributed by atoms with E-state index in [4.69, 9.17) is 0 Å². The van der Waals surface area contributed by atoms with Crippen molar-refractivity contribution in [2.24, 2.45) is 0 Å². The molecule has 1 fully saturated rings. The average molecular weight is 292 g/mol. The Labute approximate surface area is 127 Å². The molecule has 1 atom stereocenters. The smallest absolute Gasteiger partial charge is 0.223 e. The van der Waals surface area contributed by atoms with E-state index in [1.165, 1.54) is 19.3 Å². The highest BCUT2D eigenvalue weighted by molar-refractivity contribution is 5.20. The Kier molecular flexibility index (Phi) is 5.85. The highest BCUT2D eigenvalue weighted by atomic mass is 16.3. The molecular weight excluding hydrogens is 264 g/mol. The Balaban J connectivity index is 2.20. The molecule has 1 aromatic heterocycles. The molecule has 2 rings (SSSR count). The van der Waals surface area contributed by atoms with Crippen LogP contribution in [0.3, 0.4) is 0 Å². The van der Waals surface area contributed by atoms with Crippen molar-refractivity contribution < 1.29 is 5.11 Å². The number of hydrogen-bond acceptors (Lipinski definition) is 3. The van der Waals surface area contributed by atoms with Gasteiger partial charge in [0.05, 0.1) is 6.20 Å². The topological polar surface area (TPSA) is 45.5 Å². The minimum absolute atomic E-state index is 0.138. The molecule has 0 radical (unpaired) electrons. The molecule has 2 heterocycles. The average Bonchev–Trinajstić information content (AvgIpc) is 2.50. The normalized spacial score (nSPS) is 19.8. The first-order chi connectivity index (χ1) is 10.2. The van der Waals surface area contributed by atoms with Crippen molar-refractivity contribution in [3.63, 3.8) is 0 Å². The van der Waals surface area contributed by atoms with Crippen LogP contribution < -0.4 is 5.43 Å². The third-order valence-electron chi connectivity index (χ3n) is 4.54. The van der Waals surface area contributed by atoms with Crippen molar-refractivity contribution >= 4 is 0 Å². The maximum Gasteiger partial charge on any atom is 0.223 e. The molecule has 4 nitrogen and oxygen atoms in total. The van der Waals surface area contributed by atoms with Crippen LogP contribution in [0.5, 0.6) is 5.75 Å². The third-order valence-corrected chi connectivity index (χ3v) is 4.54. The van der Waals surface area contributed by atoms with Crippen LogP contribution in [0.15, 0.2) is 17.1 Å². The van der Waals surface area contributed by atoms with E-state index in [0.29, 0.717) is 6.04 Å². The van der Waals surface area contributed by atoms with Gasteiger partial charge in [0.25, 0.3) is 0 Å². The van der Waals surface area contributed by atoms with E-state index >= 15 is 0 Å². The molecule has 1 aliphatic heterocycles. The van der Waals surface area contributed by atoms with E-state index < -0.39 is 0 Å². The van der Waals surface area contributed by atoms with E-state index in [-0.39, 0.29) is 11.2 Å². The Bertz CT molecular complexity index is 510. The molecule has 0 bridgehead atoms. The quantitative estimate of drug-likeness (QED) is 0.876. The summed E-state index contributed by atoms with van der Waals surface area (Å²) < 4.78 is 2.06. The van der Waals surface area contributed by atoms with Crippen molar-refractivity contribution in [3.05, 3.63) is 28.2 Å². The van der Waals surface area contributed by atoms with Gasteiger partial charge in [0, 0.05) is 30.9 Å². The van der Waals surface area contributed by atoms with Crippen molar-refractivity contribution in [1.82, 2.24) is 9.47 Å². The number of aromatic nitrogens is 1. The first kappa shape index (κ1) is 16.1. The minimum atomic E-state index is -0.261. The number of rotatable bonds is 6. The fourth-order valence-corrected chi connectivity index (χ4v) is 3.21. The van der Waals surface area contributed by atoms with Gasteiger partial charge in [-0.1, -0.05) is 26.7 Å². The zero-order valence-corrected chi connectivity index (χ0v) is 13.3. The van der Waals surface area contributed by atoms with Gasteiger partial charge < -0.3 is 9.67 Å². The molecule has 1 aliphatic rings. The fourth-order valence-electron chi connectivity index (χ4n) is 3.21. The van der Waals surface area contributed by atoms with Crippen LogP contribution >= 0.6 is 0 Å². The zero-order valence-electron chi connectivity index (χ0n) is 13.3. The highest BCUT2D eigenvalue weighted by Gasteiger charge is 2.21. The van der Waals surface area contributed by atoms with E-state index in [1.54, 1.807) is 12.3 Å². The monoisotopic (exact) mass is 292 g/mol. The van der Waals surface area contributed by atoms with Crippen LogP contribution in [0.2, 0.25) is 0 Å². The highest BCUT2D eigenvalue weighted by Crippen LogP contribution is 2.22. The Morgan fingerprint density at radius 2 is 2.14 bits per heavy atom. The second kappa shape index (κ2) is 7.64. The summed E-state index contributed by atoms with van der Waals surface area (Å²) in [6, 6.07) is 2.24. The summed E-state index contributed by atoms with van der Waals surface area (Å²) in [4.78, 5) is 14.3. The van der Waals surface area contributed by atoms with Crippen LogP contribution in [-0.2, 0) is 13.1 Å². The molecule has 1 N–H and O–H groups in total. The maximum atomic E-state index is 11.8. The van der Waals surface area contributed by atoms with Crippen LogP contribution in [0.25, 0.3) is 0 Å². The summed E-state index contributed by atoms with van der Waals surface area (Å²) in [5.74, 6) is -0.138. The van der Waals surface area contributed by atoms with E-state index in [1.807, 2.05) is 0 Å². The number of aromatic hydroxyl groups is 1. The second-order valence-corrected chi connectivity index (χ2v) is 6.09. The molecule has 0 aromatic carbocycles. The molecule has 0 saturated carbocycles. The molecule has 118 valence electrons. The lowest BCUT2D eigenvalue weighted by atomic mass is 10.00. The molecule has 21 heavy (non-hydrogen) atoms. The standard InChI is InChI=1S/C17H28N2O2/c1-3-5-9-19-13-17(21)16(20)11-15(19)12-18-10-7-6-8-14(18)4-2/h11,13-14,21H,3-10,12H2,1-2H3. The molecule has 0 spiro atoms. The van der Waals surface area contributed by atoms with Crippen LogP contribution in [0.4, 0.5) is 0 Å². The number of nitrogens with zero attached hydrogens (tertiary/aromatic N) is 2. The number of hydrogen-bond donors (Lipinski definition) is 1. The van der Waals surface area contributed by atoms with Gasteiger partial charge in [0.15, 0.2) is 5.75 Å². The van der Waals surface area contributed by atoms with Crippen molar-refractivity contribution in [1.29, 1.82) is 0 Å². The first-order valence-electron chi connectivity index (χ1n) is 8.32. The van der Waals surface area contributed by atoms with Crippen LogP contribution in [0.1, 0.15) is 58.1 Å². The summed E-state index contributed by atoms with van der Waals surface area (Å²) in [5.41, 5.74) is 0.773. The minimum Gasteiger partial charge on any atom is -0.503 e. The van der Waals surface area contributed by atoms with E-state index in [0.717, 1.165) is 44.6 Å². The largest absolute Gasteiger partial charge is 0.503 e. The fraction of sp³-hybridized carbons (Fsp3) is 0.706. The number of unbranched alkanes of at least 4 members (excludes halogenated alkanes) is 1. The predicted octanol–water partition coefficient (Wildman–Crippen LogP) is 3.12.